The van der Waals surface area contributed by atoms with Gasteiger partial charge in [-0.05, 0) is 37.0 Å². The Morgan fingerprint density at radius 1 is 1.11 bits per heavy atom. The van der Waals surface area contributed by atoms with Crippen molar-refractivity contribution in [3.05, 3.63) is 35.4 Å². The van der Waals surface area contributed by atoms with E-state index in [1.807, 2.05) is 24.3 Å². The molecule has 6 heteroatoms. The molecule has 152 valence electrons. The molecule has 0 bridgehead atoms. The number of aliphatic imine (C=N–C) groups is 1. The number of hydrogen-bond acceptors (Lipinski definition) is 2. The van der Waals surface area contributed by atoms with Crippen LogP contribution < -0.4 is 16.0 Å². The molecule has 27 heavy (non-hydrogen) atoms. The van der Waals surface area contributed by atoms with E-state index in [-0.39, 0.29) is 29.9 Å². The highest BCUT2D eigenvalue weighted by Gasteiger charge is 2.13. The van der Waals surface area contributed by atoms with Gasteiger partial charge in [-0.25, -0.2) is 4.99 Å². The molecule has 0 heterocycles. The molecule has 5 nitrogen and oxygen atoms in total. The van der Waals surface area contributed by atoms with Crippen molar-refractivity contribution in [2.24, 2.45) is 10.9 Å². The van der Waals surface area contributed by atoms with E-state index in [2.05, 4.69) is 27.9 Å². The van der Waals surface area contributed by atoms with Crippen LogP contribution in [-0.2, 0) is 6.54 Å². The van der Waals surface area contributed by atoms with Crippen LogP contribution in [0.25, 0.3) is 0 Å². The minimum Gasteiger partial charge on any atom is -0.357 e. The first-order valence-corrected chi connectivity index (χ1v) is 10.1. The van der Waals surface area contributed by atoms with E-state index >= 15 is 0 Å². The maximum Gasteiger partial charge on any atom is 0.251 e. The number of carbonyl (C=O) groups is 1. The number of nitrogens with zero attached hydrogens (tertiary/aromatic N) is 1. The van der Waals surface area contributed by atoms with Gasteiger partial charge in [0, 0.05) is 25.7 Å². The normalized spacial score (nSPS) is 14.5. The first-order valence-electron chi connectivity index (χ1n) is 10.1. The second-order valence-electron chi connectivity index (χ2n) is 7.04. The number of hydrogen-bond donors (Lipinski definition) is 3. The smallest absolute Gasteiger partial charge is 0.251 e. The third kappa shape index (κ3) is 8.95. The fourth-order valence-corrected chi connectivity index (χ4v) is 3.48. The Bertz CT molecular complexity index is 568. The predicted octanol–water partition coefficient (Wildman–Crippen LogP) is 4.08. The second-order valence-corrected chi connectivity index (χ2v) is 7.04. The summed E-state index contributed by atoms with van der Waals surface area (Å²) in [7, 11) is 1.64. The van der Waals surface area contributed by atoms with Crippen molar-refractivity contribution >= 4 is 35.8 Å². The summed E-state index contributed by atoms with van der Waals surface area (Å²) in [5.74, 6) is 1.78. The van der Waals surface area contributed by atoms with Crippen LogP contribution in [0.1, 0.15) is 67.8 Å². The van der Waals surface area contributed by atoms with Gasteiger partial charge in [-0.1, -0.05) is 50.7 Å². The molecule has 0 aromatic heterocycles. The van der Waals surface area contributed by atoms with Gasteiger partial charge in [0.1, 0.15) is 0 Å². The van der Waals surface area contributed by atoms with Crippen molar-refractivity contribution in [2.75, 3.05) is 20.1 Å². The van der Waals surface area contributed by atoms with E-state index in [1.54, 1.807) is 7.05 Å². The second kappa shape index (κ2) is 13.8. The van der Waals surface area contributed by atoms with Crippen LogP contribution in [0.2, 0.25) is 0 Å². The number of benzene rings is 1. The number of nitrogens with one attached hydrogen (secondary N) is 3. The number of carbonyl (C=O) groups excluding carboxylic acids is 1. The van der Waals surface area contributed by atoms with E-state index in [1.165, 1.54) is 44.9 Å². The Hall–Kier alpha value is -1.31. The fraction of sp³-hybridized carbons (Fsp3) is 0.619. The first-order chi connectivity index (χ1) is 12.7. The van der Waals surface area contributed by atoms with Gasteiger partial charge in [-0.2, -0.15) is 0 Å². The zero-order valence-corrected chi connectivity index (χ0v) is 19.1. The van der Waals surface area contributed by atoms with Gasteiger partial charge in [-0.15, -0.1) is 24.0 Å². The standard InChI is InChI=1S/C21H34N4O.HI/c1-3-23-21(24-15-7-6-10-17-8-4-5-9-17)25-16-18-11-13-19(14-12-18)20(26)22-2;/h11-14,17H,3-10,15-16H2,1-2H3,(H,22,26)(H2,23,24,25);1H. The number of guanidine groups is 1. The van der Waals surface area contributed by atoms with Crippen molar-refractivity contribution in [3.63, 3.8) is 0 Å². The topological polar surface area (TPSA) is 65.5 Å². The molecule has 1 amide bonds. The van der Waals surface area contributed by atoms with E-state index in [0.717, 1.165) is 30.5 Å². The maximum atomic E-state index is 11.6. The monoisotopic (exact) mass is 486 g/mol. The minimum atomic E-state index is -0.0624. The molecule has 2 rings (SSSR count). The van der Waals surface area contributed by atoms with Crippen LogP contribution in [0.4, 0.5) is 0 Å². The third-order valence-electron chi connectivity index (χ3n) is 5.01. The largest absolute Gasteiger partial charge is 0.357 e. The minimum absolute atomic E-state index is 0. The van der Waals surface area contributed by atoms with Gasteiger partial charge in [0.15, 0.2) is 5.96 Å². The Morgan fingerprint density at radius 2 is 1.81 bits per heavy atom. The summed E-state index contributed by atoms with van der Waals surface area (Å²) in [5.41, 5.74) is 1.77. The summed E-state index contributed by atoms with van der Waals surface area (Å²) in [6.07, 6.45) is 9.63. The van der Waals surface area contributed by atoms with E-state index in [4.69, 9.17) is 0 Å². The molecular weight excluding hydrogens is 451 g/mol. The Kier molecular flexibility index (Phi) is 12.1. The quantitative estimate of drug-likeness (QED) is 0.213. The maximum absolute atomic E-state index is 11.6. The molecule has 1 aromatic rings. The summed E-state index contributed by atoms with van der Waals surface area (Å²) < 4.78 is 0. The van der Waals surface area contributed by atoms with Crippen LogP contribution in [0.3, 0.4) is 0 Å². The molecule has 1 saturated carbocycles. The van der Waals surface area contributed by atoms with E-state index in [9.17, 15) is 4.79 Å². The van der Waals surface area contributed by atoms with Crippen LogP contribution in [-0.4, -0.2) is 32.0 Å². The Morgan fingerprint density at radius 3 is 2.44 bits per heavy atom. The molecule has 0 radical (unpaired) electrons. The molecule has 0 unspecified atom stereocenters. The lowest BCUT2D eigenvalue weighted by atomic mass is 10.0. The molecule has 0 atom stereocenters. The summed E-state index contributed by atoms with van der Waals surface area (Å²) >= 11 is 0. The van der Waals surface area contributed by atoms with Crippen molar-refractivity contribution in [2.45, 2.75) is 58.4 Å². The van der Waals surface area contributed by atoms with Crippen molar-refractivity contribution in [3.8, 4) is 0 Å². The molecule has 1 aliphatic carbocycles. The Labute approximate surface area is 181 Å². The molecule has 1 aromatic carbocycles. The summed E-state index contributed by atoms with van der Waals surface area (Å²) in [6, 6.07) is 7.60. The Balaban J connectivity index is 0.00000364. The molecular formula is C21H35IN4O. The van der Waals surface area contributed by atoms with Crippen LogP contribution in [0.15, 0.2) is 29.3 Å². The summed E-state index contributed by atoms with van der Waals surface area (Å²) in [4.78, 5) is 16.2. The van der Waals surface area contributed by atoms with E-state index < -0.39 is 0 Å². The molecule has 0 aliphatic heterocycles. The van der Waals surface area contributed by atoms with Gasteiger partial charge in [0.25, 0.3) is 5.91 Å². The number of halogens is 1. The summed E-state index contributed by atoms with van der Waals surface area (Å²) in [5, 5.41) is 9.36. The SMILES string of the molecule is CCNC(=NCc1ccc(C(=O)NC)cc1)NCCCCC1CCCC1.I. The molecule has 3 N–H and O–H groups in total. The van der Waals surface area contributed by atoms with Crippen LogP contribution in [0, 0.1) is 5.92 Å². The van der Waals surface area contributed by atoms with Crippen molar-refractivity contribution in [1.29, 1.82) is 0 Å². The van der Waals surface area contributed by atoms with Crippen molar-refractivity contribution < 1.29 is 4.79 Å². The lowest BCUT2D eigenvalue weighted by Crippen LogP contribution is -2.37. The lowest BCUT2D eigenvalue weighted by molar-refractivity contribution is 0.0963. The highest BCUT2D eigenvalue weighted by atomic mass is 127. The van der Waals surface area contributed by atoms with Gasteiger partial charge < -0.3 is 16.0 Å². The number of amides is 1. The molecule has 0 spiro atoms. The predicted molar refractivity (Wildman–Crippen MR) is 124 cm³/mol. The summed E-state index contributed by atoms with van der Waals surface area (Å²) in [6.45, 7) is 4.50. The highest BCUT2D eigenvalue weighted by Crippen LogP contribution is 2.28. The average molecular weight is 486 g/mol. The zero-order valence-electron chi connectivity index (χ0n) is 16.7. The number of unbranched alkanes of at least 4 members (excludes halogenated alkanes) is 1. The molecule has 1 fully saturated rings. The van der Waals surface area contributed by atoms with Gasteiger partial charge in [0.2, 0.25) is 0 Å². The van der Waals surface area contributed by atoms with Crippen molar-refractivity contribution in [1.82, 2.24) is 16.0 Å². The van der Waals surface area contributed by atoms with Gasteiger partial charge >= 0.3 is 0 Å². The van der Waals surface area contributed by atoms with Gasteiger partial charge in [0.05, 0.1) is 6.54 Å². The first kappa shape index (κ1) is 23.7. The van der Waals surface area contributed by atoms with E-state index in [0.29, 0.717) is 12.1 Å². The zero-order chi connectivity index (χ0) is 18.6. The molecule has 0 saturated heterocycles. The lowest BCUT2D eigenvalue weighted by Gasteiger charge is -2.12. The third-order valence-corrected chi connectivity index (χ3v) is 5.01. The number of rotatable bonds is 9. The van der Waals surface area contributed by atoms with Crippen LogP contribution in [0.5, 0.6) is 0 Å². The molecule has 1 aliphatic rings. The fourth-order valence-electron chi connectivity index (χ4n) is 3.48. The average Bonchev–Trinajstić information content (AvgIpc) is 3.19. The van der Waals surface area contributed by atoms with Crippen LogP contribution >= 0.6 is 24.0 Å². The highest BCUT2D eigenvalue weighted by molar-refractivity contribution is 14.0. The van der Waals surface area contributed by atoms with Gasteiger partial charge in [-0.3, -0.25) is 4.79 Å².